The van der Waals surface area contributed by atoms with E-state index in [1.54, 1.807) is 4.90 Å². The summed E-state index contributed by atoms with van der Waals surface area (Å²) < 4.78 is 0. The van der Waals surface area contributed by atoms with Crippen molar-refractivity contribution in [2.75, 3.05) is 38.5 Å². The Morgan fingerprint density at radius 2 is 1.95 bits per heavy atom. The predicted molar refractivity (Wildman–Crippen MR) is 77.8 cm³/mol. The number of carboxylic acids is 1. The summed E-state index contributed by atoms with van der Waals surface area (Å²) >= 11 is 0. The number of carbonyl (C=O) groups excluding carboxylic acids is 1. The monoisotopic (exact) mass is 293 g/mol. The fourth-order valence-electron chi connectivity index (χ4n) is 2.24. The maximum atomic E-state index is 12.2. The third kappa shape index (κ3) is 3.85. The largest absolute Gasteiger partial charge is 0.507 e. The van der Waals surface area contributed by atoms with Crippen LogP contribution in [0.5, 0.6) is 5.75 Å². The Labute approximate surface area is 122 Å². The van der Waals surface area contributed by atoms with Gasteiger partial charge in [0.15, 0.2) is 0 Å². The third-order valence-corrected chi connectivity index (χ3v) is 3.49. The minimum atomic E-state index is -1.21. The molecule has 0 aliphatic carbocycles. The van der Waals surface area contributed by atoms with Crippen molar-refractivity contribution in [2.45, 2.75) is 6.42 Å². The molecule has 0 bridgehead atoms. The number of phenols is 1. The molecular weight excluding hydrogens is 274 g/mol. The number of benzene rings is 1. The van der Waals surface area contributed by atoms with Crippen LogP contribution in [0.2, 0.25) is 0 Å². The number of rotatable bonds is 2. The van der Waals surface area contributed by atoms with E-state index in [0.29, 0.717) is 18.8 Å². The molecule has 3 N–H and O–H groups in total. The predicted octanol–water partition coefficient (Wildman–Crippen LogP) is 1.26. The topological polar surface area (TPSA) is 93.1 Å². The molecule has 1 heterocycles. The lowest BCUT2D eigenvalue weighted by atomic mass is 10.2. The van der Waals surface area contributed by atoms with Crippen LogP contribution in [-0.4, -0.2) is 65.2 Å². The lowest BCUT2D eigenvalue weighted by Crippen LogP contribution is -2.37. The molecular formula is C14H19N3O4. The van der Waals surface area contributed by atoms with E-state index in [1.807, 2.05) is 7.05 Å². The van der Waals surface area contributed by atoms with Gasteiger partial charge in [0.1, 0.15) is 11.3 Å². The molecule has 0 aromatic heterocycles. The van der Waals surface area contributed by atoms with Gasteiger partial charge in [0.2, 0.25) is 0 Å². The van der Waals surface area contributed by atoms with Gasteiger partial charge in [-0.25, -0.2) is 9.59 Å². The molecule has 0 saturated carbocycles. The highest BCUT2D eigenvalue weighted by molar-refractivity contribution is 5.94. The lowest BCUT2D eigenvalue weighted by Gasteiger charge is -2.21. The number of likely N-dealkylation sites (N-methyl/N-ethyl adjacent to an activating group) is 1. The van der Waals surface area contributed by atoms with E-state index in [0.717, 1.165) is 19.5 Å². The van der Waals surface area contributed by atoms with Gasteiger partial charge in [-0.15, -0.1) is 0 Å². The Kier molecular flexibility index (Phi) is 4.64. The van der Waals surface area contributed by atoms with Crippen molar-refractivity contribution in [3.8, 4) is 5.75 Å². The molecule has 2 rings (SSSR count). The minimum absolute atomic E-state index is 0.190. The smallest absolute Gasteiger partial charge is 0.339 e. The SMILES string of the molecule is CN1CCCN(C(=O)Nc2ccc(C(=O)O)c(O)c2)CC1. The maximum absolute atomic E-state index is 12.2. The highest BCUT2D eigenvalue weighted by Crippen LogP contribution is 2.22. The normalized spacial score (nSPS) is 16.3. The van der Waals surface area contributed by atoms with Crippen LogP contribution in [0.15, 0.2) is 18.2 Å². The fraction of sp³-hybridized carbons (Fsp3) is 0.429. The summed E-state index contributed by atoms with van der Waals surface area (Å²) in [6, 6.07) is 3.73. The van der Waals surface area contributed by atoms with Crippen LogP contribution in [0.25, 0.3) is 0 Å². The van der Waals surface area contributed by atoms with Gasteiger partial charge in [0, 0.05) is 31.4 Å². The number of aromatic carboxylic acids is 1. The van der Waals surface area contributed by atoms with E-state index in [2.05, 4.69) is 10.2 Å². The van der Waals surface area contributed by atoms with Gasteiger partial charge in [-0.2, -0.15) is 0 Å². The molecule has 1 aliphatic heterocycles. The molecule has 1 fully saturated rings. The highest BCUT2D eigenvalue weighted by Gasteiger charge is 2.18. The van der Waals surface area contributed by atoms with Crippen molar-refractivity contribution in [2.24, 2.45) is 0 Å². The molecule has 1 saturated heterocycles. The standard InChI is InChI=1S/C14H19N3O4/c1-16-5-2-6-17(8-7-16)14(21)15-10-3-4-11(13(19)20)12(18)9-10/h3-4,9,18H,2,5-8H2,1H3,(H,15,21)(H,19,20). The van der Waals surface area contributed by atoms with Gasteiger partial charge < -0.3 is 25.3 Å². The number of anilines is 1. The van der Waals surface area contributed by atoms with E-state index < -0.39 is 5.97 Å². The summed E-state index contributed by atoms with van der Waals surface area (Å²) in [4.78, 5) is 26.8. The van der Waals surface area contributed by atoms with Gasteiger partial charge in [-0.1, -0.05) is 0 Å². The van der Waals surface area contributed by atoms with Gasteiger partial charge in [-0.3, -0.25) is 0 Å². The zero-order valence-electron chi connectivity index (χ0n) is 11.9. The molecule has 7 heteroatoms. The molecule has 21 heavy (non-hydrogen) atoms. The molecule has 2 amide bonds. The number of amides is 2. The van der Waals surface area contributed by atoms with Crippen LogP contribution in [0, 0.1) is 0 Å². The molecule has 1 aliphatic rings. The van der Waals surface area contributed by atoms with Crippen molar-refractivity contribution in [1.29, 1.82) is 0 Å². The van der Waals surface area contributed by atoms with Crippen LogP contribution >= 0.6 is 0 Å². The Morgan fingerprint density at radius 1 is 1.19 bits per heavy atom. The summed E-state index contributed by atoms with van der Waals surface area (Å²) in [5, 5.41) is 21.1. The molecule has 0 unspecified atom stereocenters. The minimum Gasteiger partial charge on any atom is -0.507 e. The Bertz CT molecular complexity index is 547. The summed E-state index contributed by atoms with van der Waals surface area (Å²) in [6.45, 7) is 3.09. The zero-order chi connectivity index (χ0) is 15.4. The summed E-state index contributed by atoms with van der Waals surface area (Å²) in [5.41, 5.74) is 0.185. The van der Waals surface area contributed by atoms with Crippen molar-refractivity contribution in [1.82, 2.24) is 9.80 Å². The number of aromatic hydroxyl groups is 1. The van der Waals surface area contributed by atoms with E-state index >= 15 is 0 Å². The van der Waals surface area contributed by atoms with Gasteiger partial charge >= 0.3 is 12.0 Å². The van der Waals surface area contributed by atoms with E-state index in [-0.39, 0.29) is 17.3 Å². The average molecular weight is 293 g/mol. The molecule has 1 aromatic carbocycles. The first kappa shape index (κ1) is 15.1. The van der Waals surface area contributed by atoms with Crippen molar-refractivity contribution in [3.63, 3.8) is 0 Å². The van der Waals surface area contributed by atoms with Gasteiger partial charge in [-0.05, 0) is 32.1 Å². The van der Waals surface area contributed by atoms with Crippen molar-refractivity contribution < 1.29 is 19.8 Å². The summed E-state index contributed by atoms with van der Waals surface area (Å²) in [5.74, 6) is -1.57. The van der Waals surface area contributed by atoms with Crippen molar-refractivity contribution in [3.05, 3.63) is 23.8 Å². The van der Waals surface area contributed by atoms with Crippen LogP contribution in [0.1, 0.15) is 16.8 Å². The molecule has 1 aromatic rings. The average Bonchev–Trinajstić information content (AvgIpc) is 2.63. The number of carboxylic acid groups (broad SMARTS) is 1. The first-order valence-corrected chi connectivity index (χ1v) is 6.78. The molecule has 114 valence electrons. The summed E-state index contributed by atoms with van der Waals surface area (Å²) in [6.07, 6.45) is 0.910. The molecule has 0 radical (unpaired) electrons. The van der Waals surface area contributed by atoms with Crippen LogP contribution in [0.3, 0.4) is 0 Å². The Morgan fingerprint density at radius 3 is 2.62 bits per heavy atom. The number of carbonyl (C=O) groups is 2. The van der Waals surface area contributed by atoms with Crippen LogP contribution in [-0.2, 0) is 0 Å². The zero-order valence-corrected chi connectivity index (χ0v) is 11.9. The fourth-order valence-corrected chi connectivity index (χ4v) is 2.24. The van der Waals surface area contributed by atoms with E-state index in [4.69, 9.17) is 5.11 Å². The van der Waals surface area contributed by atoms with Crippen LogP contribution in [0.4, 0.5) is 10.5 Å². The second kappa shape index (κ2) is 6.45. The lowest BCUT2D eigenvalue weighted by molar-refractivity contribution is 0.0694. The van der Waals surface area contributed by atoms with Crippen LogP contribution < -0.4 is 5.32 Å². The quantitative estimate of drug-likeness (QED) is 0.763. The van der Waals surface area contributed by atoms with Gasteiger partial charge in [0.05, 0.1) is 0 Å². The highest BCUT2D eigenvalue weighted by atomic mass is 16.4. The first-order chi connectivity index (χ1) is 9.97. The maximum Gasteiger partial charge on any atom is 0.339 e. The second-order valence-electron chi connectivity index (χ2n) is 5.11. The number of hydrogen-bond donors (Lipinski definition) is 3. The second-order valence-corrected chi connectivity index (χ2v) is 5.11. The Hall–Kier alpha value is -2.28. The number of hydrogen-bond acceptors (Lipinski definition) is 4. The summed E-state index contributed by atoms with van der Waals surface area (Å²) in [7, 11) is 2.02. The van der Waals surface area contributed by atoms with E-state index in [9.17, 15) is 14.7 Å². The first-order valence-electron chi connectivity index (χ1n) is 6.78. The molecule has 0 atom stereocenters. The van der Waals surface area contributed by atoms with Gasteiger partial charge in [0.25, 0.3) is 0 Å². The third-order valence-electron chi connectivity index (χ3n) is 3.49. The van der Waals surface area contributed by atoms with E-state index in [1.165, 1.54) is 18.2 Å². The Balaban J connectivity index is 2.02. The molecule has 7 nitrogen and oxygen atoms in total. The number of nitrogens with one attached hydrogen (secondary N) is 1. The number of nitrogens with zero attached hydrogens (tertiary/aromatic N) is 2. The number of urea groups is 1. The van der Waals surface area contributed by atoms with Crippen molar-refractivity contribution >= 4 is 17.7 Å². The molecule has 0 spiro atoms.